The minimum absolute atomic E-state index is 0.0208. The van der Waals surface area contributed by atoms with Gasteiger partial charge in [0, 0.05) is 38.3 Å². The van der Waals surface area contributed by atoms with Crippen molar-refractivity contribution in [3.8, 4) is 0 Å². The molecule has 0 aliphatic heterocycles. The molecule has 0 saturated heterocycles. The number of allylic oxidation sites excluding steroid dienone is 4. The van der Waals surface area contributed by atoms with E-state index in [9.17, 15) is 19.8 Å². The number of aliphatic hydroxyl groups is 2. The number of aliphatic hydroxyl groups excluding tert-OH is 2. The van der Waals surface area contributed by atoms with Crippen LogP contribution in [-0.2, 0) is 9.59 Å². The maximum Gasteiger partial charge on any atom is 0.222 e. The monoisotopic (exact) mass is 546 g/mol. The Balaban J connectivity index is 2.70. The van der Waals surface area contributed by atoms with E-state index in [0.29, 0.717) is 25.3 Å². The fraction of sp³-hybridized carbons (Fsp3) is 0.758. The van der Waals surface area contributed by atoms with Crippen LogP contribution in [0.5, 0.6) is 0 Å². The molecule has 0 aromatic heterocycles. The lowest BCUT2D eigenvalue weighted by Gasteiger charge is -2.34. The number of hydrogen-bond donors (Lipinski definition) is 3. The van der Waals surface area contributed by atoms with Crippen LogP contribution >= 0.6 is 0 Å². The molecule has 6 heteroatoms. The fourth-order valence-corrected chi connectivity index (χ4v) is 6.45. The zero-order valence-electron chi connectivity index (χ0n) is 25.8. The van der Waals surface area contributed by atoms with Crippen LogP contribution in [0.25, 0.3) is 0 Å². The topological polar surface area (TPSA) is 104 Å². The van der Waals surface area contributed by atoms with E-state index in [0.717, 1.165) is 18.4 Å². The molecule has 1 saturated carbocycles. The molecule has 2 amide bonds. The Morgan fingerprint density at radius 1 is 0.974 bits per heavy atom. The van der Waals surface area contributed by atoms with Crippen LogP contribution in [0.1, 0.15) is 92.9 Å². The van der Waals surface area contributed by atoms with E-state index in [2.05, 4.69) is 12.7 Å². The van der Waals surface area contributed by atoms with Crippen LogP contribution < -0.4 is 5.73 Å². The second-order valence-corrected chi connectivity index (χ2v) is 12.7. The molecule has 1 aliphatic rings. The van der Waals surface area contributed by atoms with Gasteiger partial charge in [-0.05, 0) is 55.8 Å². The first-order valence-corrected chi connectivity index (χ1v) is 15.1. The second-order valence-electron chi connectivity index (χ2n) is 12.7. The Kier molecular flexibility index (Phi) is 15.9. The van der Waals surface area contributed by atoms with Crippen LogP contribution in [0.3, 0.4) is 0 Å². The molecule has 0 bridgehead atoms. The van der Waals surface area contributed by atoms with Crippen molar-refractivity contribution in [3.05, 3.63) is 36.5 Å². The highest BCUT2D eigenvalue weighted by atomic mass is 16.3. The zero-order chi connectivity index (χ0) is 29.7. The summed E-state index contributed by atoms with van der Waals surface area (Å²) in [6.07, 6.45) is 14.1. The van der Waals surface area contributed by atoms with Crippen molar-refractivity contribution in [3.63, 3.8) is 0 Å². The van der Waals surface area contributed by atoms with E-state index in [4.69, 9.17) is 5.73 Å². The number of nitrogens with two attached hydrogens (primary N) is 1. The molecule has 3 unspecified atom stereocenters. The van der Waals surface area contributed by atoms with Gasteiger partial charge < -0.3 is 20.8 Å². The first kappa shape index (κ1) is 35.1. The highest BCUT2D eigenvalue weighted by Gasteiger charge is 2.32. The molecular formula is C33H58N2O4. The van der Waals surface area contributed by atoms with Crippen molar-refractivity contribution < 1.29 is 19.8 Å². The van der Waals surface area contributed by atoms with Crippen LogP contribution in [0.2, 0.25) is 0 Å². The second kappa shape index (κ2) is 17.7. The summed E-state index contributed by atoms with van der Waals surface area (Å²) in [4.78, 5) is 26.3. The van der Waals surface area contributed by atoms with Crippen LogP contribution in [-0.4, -0.2) is 52.7 Å². The first-order valence-electron chi connectivity index (χ1n) is 15.1. The summed E-state index contributed by atoms with van der Waals surface area (Å²) in [5.74, 6) is 0.0787. The van der Waals surface area contributed by atoms with Gasteiger partial charge in [0.25, 0.3) is 0 Å². The third-order valence-electron chi connectivity index (χ3n) is 8.95. The van der Waals surface area contributed by atoms with E-state index >= 15 is 0 Å². The molecule has 0 aromatic carbocycles. The molecular weight excluding hydrogens is 488 g/mol. The lowest BCUT2D eigenvalue weighted by Crippen LogP contribution is -2.38. The number of primary amides is 1. The minimum atomic E-state index is -0.597. The third kappa shape index (κ3) is 12.4. The average Bonchev–Trinajstić information content (AvgIpc) is 2.89. The summed E-state index contributed by atoms with van der Waals surface area (Å²) >= 11 is 0. The maximum atomic E-state index is 12.7. The van der Waals surface area contributed by atoms with E-state index in [-0.39, 0.29) is 53.7 Å². The summed E-state index contributed by atoms with van der Waals surface area (Å²) < 4.78 is 0. The van der Waals surface area contributed by atoms with Gasteiger partial charge in [0.15, 0.2) is 0 Å². The average molecular weight is 547 g/mol. The summed E-state index contributed by atoms with van der Waals surface area (Å²) in [7, 11) is 1.85. The van der Waals surface area contributed by atoms with Gasteiger partial charge in [-0.25, -0.2) is 0 Å². The summed E-state index contributed by atoms with van der Waals surface area (Å²) in [6.45, 7) is 16.4. The Hall–Kier alpha value is -1.92. The molecule has 1 aliphatic carbocycles. The van der Waals surface area contributed by atoms with Gasteiger partial charge in [0.05, 0.1) is 12.2 Å². The predicted molar refractivity (Wildman–Crippen MR) is 162 cm³/mol. The summed E-state index contributed by atoms with van der Waals surface area (Å²) in [6, 6.07) is 0. The zero-order valence-corrected chi connectivity index (χ0v) is 25.8. The Labute approximate surface area is 238 Å². The van der Waals surface area contributed by atoms with Crippen LogP contribution in [0.15, 0.2) is 36.5 Å². The molecule has 1 fully saturated rings. The molecule has 39 heavy (non-hydrogen) atoms. The van der Waals surface area contributed by atoms with Crippen molar-refractivity contribution in [1.29, 1.82) is 0 Å². The van der Waals surface area contributed by atoms with Gasteiger partial charge >= 0.3 is 0 Å². The van der Waals surface area contributed by atoms with E-state index in [1.807, 2.05) is 60.7 Å². The van der Waals surface area contributed by atoms with Gasteiger partial charge in [-0.1, -0.05) is 90.3 Å². The van der Waals surface area contributed by atoms with E-state index in [1.165, 1.54) is 19.3 Å². The molecule has 8 atom stereocenters. The fourth-order valence-electron chi connectivity index (χ4n) is 6.45. The normalized spacial score (nSPS) is 21.4. The molecule has 6 nitrogen and oxygen atoms in total. The standard InChI is InChI=1S/C33H58N2O4/c1-9-10-14-23(3)29(20-30(34)36)27(7)33(39)25(5)18-22(2)17-24(4)32(38)26(6)21-35(8)31(37)19-28-15-12-11-13-16-28/h9-10,14,17,23-29,32-33,38-39H,1,11-13,15-16,18-21H2,2-8H3,(H2,34,36)/b14-10-,22-17-/t23-,24?,25-,26?,27-,29-,32?,33+/m0/s1. The quantitative estimate of drug-likeness (QED) is 0.156. The number of carbonyl (C=O) groups is 2. The Morgan fingerprint density at radius 2 is 1.59 bits per heavy atom. The van der Waals surface area contributed by atoms with E-state index in [1.54, 1.807) is 11.0 Å². The molecule has 0 radical (unpaired) electrons. The van der Waals surface area contributed by atoms with Gasteiger partial charge in [0.1, 0.15) is 0 Å². The number of nitrogens with zero attached hydrogens (tertiary/aromatic N) is 1. The number of hydrogen-bond acceptors (Lipinski definition) is 4. The summed E-state index contributed by atoms with van der Waals surface area (Å²) in [5.41, 5.74) is 6.64. The van der Waals surface area contributed by atoms with Crippen LogP contribution in [0, 0.1) is 41.4 Å². The Bertz CT molecular complexity index is 817. The van der Waals surface area contributed by atoms with Crippen LogP contribution in [0.4, 0.5) is 0 Å². The Morgan fingerprint density at radius 3 is 2.15 bits per heavy atom. The number of rotatable bonds is 17. The highest BCUT2D eigenvalue weighted by molar-refractivity contribution is 5.76. The number of amides is 2. The lowest BCUT2D eigenvalue weighted by atomic mass is 9.74. The predicted octanol–water partition coefficient (Wildman–Crippen LogP) is 5.89. The molecule has 224 valence electrons. The smallest absolute Gasteiger partial charge is 0.222 e. The van der Waals surface area contributed by atoms with Gasteiger partial charge in [-0.3, -0.25) is 9.59 Å². The largest absolute Gasteiger partial charge is 0.393 e. The number of carbonyl (C=O) groups excluding carboxylic acids is 2. The van der Waals surface area contributed by atoms with Gasteiger partial charge in [-0.15, -0.1) is 0 Å². The molecule has 0 heterocycles. The van der Waals surface area contributed by atoms with Gasteiger partial charge in [-0.2, -0.15) is 0 Å². The lowest BCUT2D eigenvalue weighted by molar-refractivity contribution is -0.132. The molecule has 0 spiro atoms. The van der Waals surface area contributed by atoms with Crippen molar-refractivity contribution >= 4 is 11.8 Å². The molecule has 0 aromatic rings. The van der Waals surface area contributed by atoms with Crippen molar-refractivity contribution in [2.75, 3.05) is 13.6 Å². The molecule has 1 rings (SSSR count). The van der Waals surface area contributed by atoms with Gasteiger partial charge in [0.2, 0.25) is 11.8 Å². The minimum Gasteiger partial charge on any atom is -0.393 e. The maximum absolute atomic E-state index is 12.7. The van der Waals surface area contributed by atoms with Crippen molar-refractivity contribution in [1.82, 2.24) is 4.90 Å². The summed E-state index contributed by atoms with van der Waals surface area (Å²) in [5, 5.41) is 22.2. The van der Waals surface area contributed by atoms with Crippen molar-refractivity contribution in [2.24, 2.45) is 47.2 Å². The van der Waals surface area contributed by atoms with E-state index < -0.39 is 12.2 Å². The highest BCUT2D eigenvalue weighted by Crippen LogP contribution is 2.33. The molecule has 4 N–H and O–H groups in total. The third-order valence-corrected chi connectivity index (χ3v) is 8.95. The SMILES string of the molecule is C=C/C=C\[C@H](C)[C@H](CC(N)=O)[C@H](C)[C@H](O)[C@@H](C)C/C(C)=C\C(C)C(O)C(C)CN(C)C(=O)CC1CCCCC1. The van der Waals surface area contributed by atoms with Crippen molar-refractivity contribution in [2.45, 2.75) is 105 Å². The first-order chi connectivity index (χ1) is 18.3.